The average Bonchev–Trinajstić information content (AvgIpc) is 2.61. The van der Waals surface area contributed by atoms with Crippen LogP contribution in [-0.2, 0) is 9.53 Å². The highest BCUT2D eigenvalue weighted by molar-refractivity contribution is 5.77. The van der Waals surface area contributed by atoms with Crippen molar-refractivity contribution in [3.63, 3.8) is 0 Å². The molecule has 0 spiro atoms. The van der Waals surface area contributed by atoms with Crippen molar-refractivity contribution in [3.05, 3.63) is 0 Å². The van der Waals surface area contributed by atoms with Gasteiger partial charge in [-0.05, 0) is 38.0 Å². The van der Waals surface area contributed by atoms with Crippen LogP contribution in [0.5, 0.6) is 0 Å². The van der Waals surface area contributed by atoms with E-state index in [9.17, 15) is 4.79 Å². The molecule has 2 aliphatic heterocycles. The monoisotopic (exact) mass is 225 g/mol. The maximum atomic E-state index is 12.2. The quantitative estimate of drug-likeness (QED) is 0.720. The van der Waals surface area contributed by atoms with Crippen molar-refractivity contribution in [2.45, 2.75) is 45.6 Å². The third-order valence-corrected chi connectivity index (χ3v) is 4.26. The van der Waals surface area contributed by atoms with Crippen molar-refractivity contribution in [1.29, 1.82) is 0 Å². The second-order valence-electron chi connectivity index (χ2n) is 5.35. The number of nitrogens with zero attached hydrogens (tertiary/aromatic N) is 1. The minimum Gasteiger partial charge on any atom is -0.381 e. The van der Waals surface area contributed by atoms with E-state index in [1.54, 1.807) is 0 Å². The van der Waals surface area contributed by atoms with E-state index in [-0.39, 0.29) is 0 Å². The number of ether oxygens (including phenoxy) is 1. The molecule has 3 nitrogen and oxygen atoms in total. The van der Waals surface area contributed by atoms with Crippen molar-refractivity contribution in [2.75, 3.05) is 19.8 Å². The summed E-state index contributed by atoms with van der Waals surface area (Å²) in [5.41, 5.74) is 0. The summed E-state index contributed by atoms with van der Waals surface area (Å²) in [4.78, 5) is 14.2. The van der Waals surface area contributed by atoms with Gasteiger partial charge in [0.2, 0.25) is 5.91 Å². The van der Waals surface area contributed by atoms with Crippen molar-refractivity contribution in [1.82, 2.24) is 4.90 Å². The van der Waals surface area contributed by atoms with E-state index in [1.165, 1.54) is 6.42 Å². The number of hydrogen-bond donors (Lipinski definition) is 0. The van der Waals surface area contributed by atoms with Crippen molar-refractivity contribution >= 4 is 5.91 Å². The summed E-state index contributed by atoms with van der Waals surface area (Å²) >= 11 is 0. The molecule has 0 aromatic heterocycles. The lowest BCUT2D eigenvalue weighted by Crippen LogP contribution is -2.37. The van der Waals surface area contributed by atoms with E-state index >= 15 is 0 Å². The number of hydrogen-bond acceptors (Lipinski definition) is 2. The Morgan fingerprint density at radius 2 is 1.94 bits per heavy atom. The number of carbonyl (C=O) groups excluding carboxylic acids is 1. The minimum absolute atomic E-state index is 0.365. The predicted molar refractivity (Wildman–Crippen MR) is 63.1 cm³/mol. The first kappa shape index (κ1) is 11.9. The fourth-order valence-electron chi connectivity index (χ4n) is 2.76. The molecule has 16 heavy (non-hydrogen) atoms. The Morgan fingerprint density at radius 3 is 2.50 bits per heavy atom. The third kappa shape index (κ3) is 2.57. The normalized spacial score (nSPS) is 32.0. The third-order valence-electron chi connectivity index (χ3n) is 4.26. The first-order chi connectivity index (χ1) is 7.68. The van der Waals surface area contributed by atoms with Gasteiger partial charge < -0.3 is 9.64 Å². The topological polar surface area (TPSA) is 29.5 Å². The highest BCUT2D eigenvalue weighted by atomic mass is 16.5. The molecule has 0 radical (unpaired) electrons. The van der Waals surface area contributed by atoms with E-state index < -0.39 is 0 Å². The van der Waals surface area contributed by atoms with Crippen LogP contribution in [0.2, 0.25) is 0 Å². The summed E-state index contributed by atoms with van der Waals surface area (Å²) in [5, 5.41) is 0. The minimum atomic E-state index is 0.365. The molecule has 2 fully saturated rings. The van der Waals surface area contributed by atoms with E-state index in [0.717, 1.165) is 39.0 Å². The van der Waals surface area contributed by atoms with Crippen LogP contribution in [-0.4, -0.2) is 36.6 Å². The Kier molecular flexibility index (Phi) is 3.85. The Labute approximate surface area is 98.1 Å². The zero-order valence-corrected chi connectivity index (χ0v) is 10.4. The van der Waals surface area contributed by atoms with Gasteiger partial charge in [-0.15, -0.1) is 0 Å². The van der Waals surface area contributed by atoms with Gasteiger partial charge >= 0.3 is 0 Å². The molecule has 0 aromatic carbocycles. The zero-order valence-electron chi connectivity index (χ0n) is 10.4. The molecular weight excluding hydrogens is 202 g/mol. The Balaban J connectivity index is 1.83. The Hall–Kier alpha value is -0.570. The summed E-state index contributed by atoms with van der Waals surface area (Å²) in [6.07, 6.45) is 4.02. The van der Waals surface area contributed by atoms with Gasteiger partial charge in [0.15, 0.2) is 0 Å². The van der Waals surface area contributed by atoms with E-state index in [2.05, 4.69) is 18.7 Å². The standard InChI is InChI=1S/C13H23NO2/c1-10-3-6-14(11(10)2)13(15)9-12-4-7-16-8-5-12/h10-12H,3-9H2,1-2H3/t10-,11?/m0/s1. The van der Waals surface area contributed by atoms with Crippen LogP contribution in [0.1, 0.15) is 39.5 Å². The van der Waals surface area contributed by atoms with Gasteiger partial charge in [-0.3, -0.25) is 4.79 Å². The molecule has 0 aliphatic carbocycles. The fourth-order valence-corrected chi connectivity index (χ4v) is 2.76. The largest absolute Gasteiger partial charge is 0.381 e. The maximum absolute atomic E-state index is 12.2. The van der Waals surface area contributed by atoms with Crippen LogP contribution in [0.25, 0.3) is 0 Å². The number of amides is 1. The van der Waals surface area contributed by atoms with Crippen molar-refractivity contribution < 1.29 is 9.53 Å². The number of carbonyl (C=O) groups is 1. The van der Waals surface area contributed by atoms with Gasteiger partial charge in [0.05, 0.1) is 0 Å². The Bertz CT molecular complexity index is 248. The van der Waals surface area contributed by atoms with Gasteiger partial charge in [-0.25, -0.2) is 0 Å². The molecule has 2 saturated heterocycles. The van der Waals surface area contributed by atoms with E-state index in [1.807, 2.05) is 0 Å². The van der Waals surface area contributed by atoms with Crippen LogP contribution in [0, 0.1) is 11.8 Å². The van der Waals surface area contributed by atoms with Crippen LogP contribution >= 0.6 is 0 Å². The lowest BCUT2D eigenvalue weighted by atomic mass is 9.95. The van der Waals surface area contributed by atoms with Gasteiger partial charge in [0.1, 0.15) is 0 Å². The van der Waals surface area contributed by atoms with Crippen LogP contribution in [0.3, 0.4) is 0 Å². The summed E-state index contributed by atoms with van der Waals surface area (Å²) in [5.74, 6) is 1.59. The lowest BCUT2D eigenvalue weighted by Gasteiger charge is -2.27. The van der Waals surface area contributed by atoms with E-state index in [0.29, 0.717) is 23.8 Å². The summed E-state index contributed by atoms with van der Waals surface area (Å²) < 4.78 is 5.32. The molecule has 1 unspecified atom stereocenters. The van der Waals surface area contributed by atoms with Gasteiger partial charge in [0.25, 0.3) is 0 Å². The fraction of sp³-hybridized carbons (Fsp3) is 0.923. The predicted octanol–water partition coefficient (Wildman–Crippen LogP) is 2.06. The van der Waals surface area contributed by atoms with Crippen molar-refractivity contribution in [2.24, 2.45) is 11.8 Å². The summed E-state index contributed by atoms with van der Waals surface area (Å²) in [6.45, 7) is 7.06. The molecule has 0 bridgehead atoms. The van der Waals surface area contributed by atoms with Crippen LogP contribution < -0.4 is 0 Å². The zero-order chi connectivity index (χ0) is 11.5. The lowest BCUT2D eigenvalue weighted by molar-refractivity contribution is -0.133. The molecule has 3 heteroatoms. The molecule has 2 aliphatic rings. The molecule has 0 N–H and O–H groups in total. The molecule has 0 aromatic rings. The van der Waals surface area contributed by atoms with Crippen molar-refractivity contribution in [3.8, 4) is 0 Å². The molecule has 2 heterocycles. The molecule has 2 atom stereocenters. The Morgan fingerprint density at radius 1 is 1.25 bits per heavy atom. The summed E-state index contributed by atoms with van der Waals surface area (Å²) in [6, 6.07) is 0.437. The maximum Gasteiger partial charge on any atom is 0.223 e. The molecule has 1 amide bonds. The highest BCUT2D eigenvalue weighted by Gasteiger charge is 2.31. The second kappa shape index (κ2) is 5.17. The molecular formula is C13H23NO2. The van der Waals surface area contributed by atoms with Crippen LogP contribution in [0.15, 0.2) is 0 Å². The van der Waals surface area contributed by atoms with E-state index in [4.69, 9.17) is 4.74 Å². The number of likely N-dealkylation sites (tertiary alicyclic amines) is 1. The molecule has 2 rings (SSSR count). The van der Waals surface area contributed by atoms with Gasteiger partial charge in [-0.2, -0.15) is 0 Å². The second-order valence-corrected chi connectivity index (χ2v) is 5.35. The van der Waals surface area contributed by atoms with Gasteiger partial charge in [-0.1, -0.05) is 6.92 Å². The van der Waals surface area contributed by atoms with Crippen LogP contribution in [0.4, 0.5) is 0 Å². The number of rotatable bonds is 2. The smallest absolute Gasteiger partial charge is 0.223 e. The highest BCUT2D eigenvalue weighted by Crippen LogP contribution is 2.26. The molecule has 0 saturated carbocycles. The first-order valence-electron chi connectivity index (χ1n) is 6.55. The SMILES string of the molecule is CC1[C@@H](C)CCN1C(=O)CC1CCOCC1. The molecule has 92 valence electrons. The first-order valence-corrected chi connectivity index (χ1v) is 6.55. The van der Waals surface area contributed by atoms with Gasteiger partial charge in [0, 0.05) is 32.2 Å². The summed E-state index contributed by atoms with van der Waals surface area (Å²) in [7, 11) is 0. The average molecular weight is 225 g/mol.